The minimum atomic E-state index is -4.72. The van der Waals surface area contributed by atoms with Crippen LogP contribution in [0.4, 0.5) is 13.2 Å². The molecule has 0 aliphatic rings. The Bertz CT molecular complexity index is 814. The van der Waals surface area contributed by atoms with Crippen LogP contribution in [0.5, 0.6) is 11.5 Å². The third-order valence-corrected chi connectivity index (χ3v) is 4.28. The number of aryl methyl sites for hydroxylation is 1. The Labute approximate surface area is 131 Å². The number of benzene rings is 2. The van der Waals surface area contributed by atoms with E-state index in [9.17, 15) is 21.6 Å². The third-order valence-electron chi connectivity index (χ3n) is 3.05. The summed E-state index contributed by atoms with van der Waals surface area (Å²) in [6.45, 7) is 1.61. The third kappa shape index (κ3) is 3.76. The van der Waals surface area contributed by atoms with Gasteiger partial charge in [0.05, 0.1) is 12.7 Å². The highest BCUT2D eigenvalue weighted by atomic mass is 32.2. The van der Waals surface area contributed by atoms with Crippen molar-refractivity contribution in [1.82, 2.24) is 0 Å². The molecule has 0 atom stereocenters. The van der Waals surface area contributed by atoms with E-state index < -0.39 is 27.6 Å². The van der Waals surface area contributed by atoms with Gasteiger partial charge in [0, 0.05) is 0 Å². The van der Waals surface area contributed by atoms with Gasteiger partial charge in [-0.3, -0.25) is 0 Å². The maximum absolute atomic E-state index is 12.9. The molecule has 23 heavy (non-hydrogen) atoms. The van der Waals surface area contributed by atoms with Crippen LogP contribution in [-0.4, -0.2) is 15.5 Å². The van der Waals surface area contributed by atoms with Crippen molar-refractivity contribution in [3.05, 3.63) is 53.6 Å². The normalized spacial score (nSPS) is 12.0. The summed E-state index contributed by atoms with van der Waals surface area (Å²) in [6, 6.07) is 8.00. The summed E-state index contributed by atoms with van der Waals surface area (Å²) in [7, 11) is -2.98. The topological polar surface area (TPSA) is 52.6 Å². The maximum Gasteiger partial charge on any atom is 0.420 e. The highest BCUT2D eigenvalue weighted by Crippen LogP contribution is 2.37. The second-order valence-corrected chi connectivity index (χ2v) is 6.21. The first-order valence-corrected chi connectivity index (χ1v) is 7.81. The lowest BCUT2D eigenvalue weighted by Gasteiger charge is -2.14. The van der Waals surface area contributed by atoms with Gasteiger partial charge in [-0.1, -0.05) is 12.1 Å². The van der Waals surface area contributed by atoms with E-state index >= 15 is 0 Å². The molecule has 0 fully saturated rings. The van der Waals surface area contributed by atoms with Crippen LogP contribution >= 0.6 is 0 Å². The zero-order valence-corrected chi connectivity index (χ0v) is 13.0. The van der Waals surface area contributed by atoms with Crippen LogP contribution in [0.1, 0.15) is 11.1 Å². The van der Waals surface area contributed by atoms with Crippen LogP contribution in [0.2, 0.25) is 0 Å². The lowest BCUT2D eigenvalue weighted by molar-refractivity contribution is -0.138. The fourth-order valence-corrected chi connectivity index (χ4v) is 2.98. The zero-order valence-electron chi connectivity index (χ0n) is 12.2. The van der Waals surface area contributed by atoms with E-state index in [1.165, 1.54) is 31.4 Å². The van der Waals surface area contributed by atoms with E-state index in [4.69, 9.17) is 4.74 Å². The monoisotopic (exact) mass is 346 g/mol. The van der Waals surface area contributed by atoms with Gasteiger partial charge in [-0.05, 0) is 42.8 Å². The van der Waals surface area contributed by atoms with Crippen LogP contribution < -0.4 is 8.92 Å². The second-order valence-electron chi connectivity index (χ2n) is 4.66. The molecule has 124 valence electrons. The van der Waals surface area contributed by atoms with Gasteiger partial charge in [0.1, 0.15) is 10.6 Å². The lowest BCUT2D eigenvalue weighted by atomic mass is 10.2. The van der Waals surface area contributed by atoms with Crippen LogP contribution in [0, 0.1) is 6.92 Å². The number of halogens is 3. The predicted molar refractivity (Wildman–Crippen MR) is 77.0 cm³/mol. The highest BCUT2D eigenvalue weighted by Gasteiger charge is 2.35. The summed E-state index contributed by atoms with van der Waals surface area (Å²) in [5.41, 5.74) is -0.643. The van der Waals surface area contributed by atoms with Crippen LogP contribution in [0.3, 0.4) is 0 Å². The molecule has 8 heteroatoms. The first-order valence-electron chi connectivity index (χ1n) is 6.40. The smallest absolute Gasteiger partial charge is 0.420 e. The minimum Gasteiger partial charge on any atom is -0.496 e. The first-order chi connectivity index (χ1) is 10.6. The molecule has 0 amide bonds. The fraction of sp³-hybridized carbons (Fsp3) is 0.200. The summed E-state index contributed by atoms with van der Waals surface area (Å²) in [5, 5.41) is 0. The van der Waals surface area contributed by atoms with Crippen molar-refractivity contribution < 1.29 is 30.5 Å². The minimum absolute atomic E-state index is 0.257. The summed E-state index contributed by atoms with van der Waals surface area (Å²) in [6.07, 6.45) is -4.72. The molecule has 2 rings (SSSR count). The molecule has 0 spiro atoms. The van der Waals surface area contributed by atoms with E-state index in [1.807, 2.05) is 0 Å². The van der Waals surface area contributed by atoms with Crippen molar-refractivity contribution in [2.24, 2.45) is 0 Å². The highest BCUT2D eigenvalue weighted by molar-refractivity contribution is 7.87. The average Bonchev–Trinajstić information content (AvgIpc) is 2.46. The van der Waals surface area contributed by atoms with Crippen LogP contribution in [-0.2, 0) is 16.3 Å². The van der Waals surface area contributed by atoms with Gasteiger partial charge in [0.2, 0.25) is 0 Å². The van der Waals surface area contributed by atoms with Gasteiger partial charge < -0.3 is 8.92 Å². The molecule has 0 unspecified atom stereocenters. The molecule has 0 aliphatic carbocycles. The standard InChI is InChI=1S/C15H13F3O4S/c1-10-9-11(7-8-13(10)21-2)23(19,20)22-14-6-4-3-5-12(14)15(16,17)18/h3-9H,1-2H3. The van der Waals surface area contributed by atoms with Gasteiger partial charge in [0.15, 0.2) is 5.75 Å². The molecule has 0 saturated carbocycles. The quantitative estimate of drug-likeness (QED) is 0.791. The Hall–Kier alpha value is -2.22. The molecule has 0 N–H and O–H groups in total. The van der Waals surface area contributed by atoms with Gasteiger partial charge >= 0.3 is 16.3 Å². The Morgan fingerprint density at radius 3 is 2.22 bits per heavy atom. The molecule has 0 heterocycles. The molecule has 4 nitrogen and oxygen atoms in total. The molecule has 0 aliphatic heterocycles. The van der Waals surface area contributed by atoms with Gasteiger partial charge in [-0.2, -0.15) is 21.6 Å². The molecular weight excluding hydrogens is 333 g/mol. The number of methoxy groups -OCH3 is 1. The fourth-order valence-electron chi connectivity index (χ4n) is 1.95. The summed E-state index contributed by atoms with van der Waals surface area (Å²) in [5.74, 6) is -0.312. The molecule has 0 radical (unpaired) electrons. The molecular formula is C15H13F3O4S. The van der Waals surface area contributed by atoms with E-state index in [2.05, 4.69) is 4.18 Å². The maximum atomic E-state index is 12.9. The van der Waals surface area contributed by atoms with E-state index in [-0.39, 0.29) is 4.90 Å². The predicted octanol–water partition coefficient (Wildman–Crippen LogP) is 3.79. The van der Waals surface area contributed by atoms with Gasteiger partial charge in [-0.15, -0.1) is 0 Å². The Balaban J connectivity index is 2.42. The van der Waals surface area contributed by atoms with Crippen LogP contribution in [0.15, 0.2) is 47.4 Å². The number of ether oxygens (including phenoxy) is 1. The summed E-state index contributed by atoms with van der Waals surface area (Å²) < 4.78 is 72.8. The molecule has 0 aromatic heterocycles. The average molecular weight is 346 g/mol. The number of hydrogen-bond acceptors (Lipinski definition) is 4. The molecule has 0 bridgehead atoms. The van der Waals surface area contributed by atoms with Gasteiger partial charge in [-0.25, -0.2) is 0 Å². The van der Waals surface area contributed by atoms with Crippen molar-refractivity contribution in [2.75, 3.05) is 7.11 Å². The van der Waals surface area contributed by atoms with Gasteiger partial charge in [0.25, 0.3) is 0 Å². The summed E-state index contributed by atoms with van der Waals surface area (Å²) >= 11 is 0. The Morgan fingerprint density at radius 1 is 1.00 bits per heavy atom. The number of para-hydroxylation sites is 1. The number of hydrogen-bond donors (Lipinski definition) is 0. The molecule has 0 saturated heterocycles. The lowest BCUT2D eigenvalue weighted by Crippen LogP contribution is -2.14. The van der Waals surface area contributed by atoms with E-state index in [0.29, 0.717) is 11.3 Å². The molecule has 2 aromatic rings. The van der Waals surface area contributed by atoms with Crippen molar-refractivity contribution in [3.8, 4) is 11.5 Å². The van der Waals surface area contributed by atoms with Crippen molar-refractivity contribution >= 4 is 10.1 Å². The van der Waals surface area contributed by atoms with E-state index in [0.717, 1.165) is 18.2 Å². The van der Waals surface area contributed by atoms with Crippen LogP contribution in [0.25, 0.3) is 0 Å². The second kappa shape index (κ2) is 6.11. The van der Waals surface area contributed by atoms with Crippen molar-refractivity contribution in [1.29, 1.82) is 0 Å². The first kappa shape index (κ1) is 17.1. The number of alkyl halides is 3. The summed E-state index contributed by atoms with van der Waals surface area (Å²) in [4.78, 5) is -0.257. The zero-order chi connectivity index (χ0) is 17.3. The molecule has 2 aromatic carbocycles. The van der Waals surface area contributed by atoms with Crippen molar-refractivity contribution in [3.63, 3.8) is 0 Å². The Kier molecular flexibility index (Phi) is 4.56. The SMILES string of the molecule is COc1ccc(S(=O)(=O)Oc2ccccc2C(F)(F)F)cc1C. The largest absolute Gasteiger partial charge is 0.496 e. The Morgan fingerprint density at radius 2 is 1.65 bits per heavy atom. The van der Waals surface area contributed by atoms with E-state index in [1.54, 1.807) is 6.92 Å². The number of rotatable bonds is 4. The van der Waals surface area contributed by atoms with Crippen molar-refractivity contribution in [2.45, 2.75) is 18.0 Å².